The third kappa shape index (κ3) is 3.50. The van der Waals surface area contributed by atoms with E-state index in [4.69, 9.17) is 5.26 Å². The average Bonchev–Trinajstić information content (AvgIpc) is 2.30. The van der Waals surface area contributed by atoms with E-state index < -0.39 is 0 Å². The largest absolute Gasteiger partial charge is 0.383 e. The van der Waals surface area contributed by atoms with Crippen LogP contribution in [0.1, 0.15) is 38.8 Å². The van der Waals surface area contributed by atoms with Crippen LogP contribution in [0.5, 0.6) is 0 Å². The Kier molecular flexibility index (Phi) is 5.22. The Bertz CT molecular complexity index is 419. The summed E-state index contributed by atoms with van der Waals surface area (Å²) in [5, 5.41) is 12.6. The highest BCUT2D eigenvalue weighted by molar-refractivity contribution is 5.62. The van der Waals surface area contributed by atoms with Gasteiger partial charge in [-0.1, -0.05) is 39.8 Å². The van der Waals surface area contributed by atoms with Gasteiger partial charge in [-0.2, -0.15) is 5.26 Å². The van der Waals surface area contributed by atoms with Gasteiger partial charge in [0.15, 0.2) is 0 Å². The number of rotatable bonds is 5. The van der Waals surface area contributed by atoms with Crippen molar-refractivity contribution in [1.82, 2.24) is 0 Å². The maximum atomic E-state index is 9.14. The smallest absolute Gasteiger partial charge is 0.101 e. The number of benzene rings is 1. The molecular weight excluding hydrogens is 220 g/mol. The van der Waals surface area contributed by atoms with E-state index in [0.29, 0.717) is 17.8 Å². The van der Waals surface area contributed by atoms with Gasteiger partial charge in [0.2, 0.25) is 0 Å². The van der Waals surface area contributed by atoms with Crippen LogP contribution in [0.4, 0.5) is 5.69 Å². The zero-order chi connectivity index (χ0) is 13.7. The normalized spacial score (nSPS) is 11.1. The van der Waals surface area contributed by atoms with Gasteiger partial charge < -0.3 is 5.32 Å². The lowest BCUT2D eigenvalue weighted by atomic mass is 9.85. The quantitative estimate of drug-likeness (QED) is 0.842. The molecule has 98 valence electrons. The molecule has 0 spiro atoms. The maximum absolute atomic E-state index is 9.14. The molecule has 0 radical (unpaired) electrons. The standard InChI is InChI=1S/C16H24N2/c1-11(2)15(12(3)4)10-18-16-13(5)7-6-8-14(16)9-17/h6-8,11-12,15,18H,10H2,1-5H3. The summed E-state index contributed by atoms with van der Waals surface area (Å²) >= 11 is 0. The molecule has 18 heavy (non-hydrogen) atoms. The zero-order valence-corrected chi connectivity index (χ0v) is 12.1. The molecule has 2 heteroatoms. The SMILES string of the molecule is Cc1cccc(C#N)c1NCC(C(C)C)C(C)C. The number of aryl methyl sites for hydroxylation is 1. The van der Waals surface area contributed by atoms with E-state index in [1.165, 1.54) is 0 Å². The third-order valence-electron chi connectivity index (χ3n) is 3.62. The second-order valence-electron chi connectivity index (χ2n) is 5.64. The van der Waals surface area contributed by atoms with E-state index in [1.54, 1.807) is 0 Å². The van der Waals surface area contributed by atoms with Crippen molar-refractivity contribution in [1.29, 1.82) is 5.26 Å². The Balaban J connectivity index is 2.83. The number of hydrogen-bond donors (Lipinski definition) is 1. The van der Waals surface area contributed by atoms with Crippen molar-refractivity contribution in [2.24, 2.45) is 17.8 Å². The number of nitrogens with one attached hydrogen (secondary N) is 1. The molecule has 0 saturated heterocycles. The first-order chi connectivity index (χ1) is 8.47. The summed E-state index contributed by atoms with van der Waals surface area (Å²) in [4.78, 5) is 0. The minimum atomic E-state index is 0.621. The van der Waals surface area contributed by atoms with Gasteiger partial charge >= 0.3 is 0 Å². The second kappa shape index (κ2) is 6.44. The first kappa shape index (κ1) is 14.6. The molecule has 0 amide bonds. The van der Waals surface area contributed by atoms with Gasteiger partial charge in [0.05, 0.1) is 11.3 Å². The van der Waals surface area contributed by atoms with Crippen LogP contribution in [0.3, 0.4) is 0 Å². The molecular formula is C16H24N2. The topological polar surface area (TPSA) is 35.8 Å². The van der Waals surface area contributed by atoms with Crippen LogP contribution < -0.4 is 5.32 Å². The molecule has 0 saturated carbocycles. The van der Waals surface area contributed by atoms with Crippen LogP contribution in [0.25, 0.3) is 0 Å². The van der Waals surface area contributed by atoms with Gasteiger partial charge in [0.1, 0.15) is 6.07 Å². The van der Waals surface area contributed by atoms with Crippen molar-refractivity contribution in [2.75, 3.05) is 11.9 Å². The van der Waals surface area contributed by atoms with Gasteiger partial charge in [0, 0.05) is 6.54 Å². The van der Waals surface area contributed by atoms with Crippen molar-refractivity contribution in [3.63, 3.8) is 0 Å². The molecule has 1 N–H and O–H groups in total. The van der Waals surface area contributed by atoms with Crippen LogP contribution in [0.15, 0.2) is 18.2 Å². The summed E-state index contributed by atoms with van der Waals surface area (Å²) in [6.07, 6.45) is 0. The fourth-order valence-corrected chi connectivity index (χ4v) is 2.46. The molecule has 0 aliphatic carbocycles. The Morgan fingerprint density at radius 3 is 2.28 bits per heavy atom. The van der Waals surface area contributed by atoms with Crippen molar-refractivity contribution >= 4 is 5.69 Å². The van der Waals surface area contributed by atoms with Crippen molar-refractivity contribution < 1.29 is 0 Å². The van der Waals surface area contributed by atoms with E-state index in [9.17, 15) is 0 Å². The van der Waals surface area contributed by atoms with E-state index in [-0.39, 0.29) is 0 Å². The van der Waals surface area contributed by atoms with Crippen LogP contribution in [0, 0.1) is 36.0 Å². The predicted octanol–water partition coefficient (Wildman–Crippen LogP) is 4.21. The summed E-state index contributed by atoms with van der Waals surface area (Å²) in [6, 6.07) is 8.10. The predicted molar refractivity (Wildman–Crippen MR) is 77.5 cm³/mol. The van der Waals surface area contributed by atoms with Gasteiger partial charge in [-0.25, -0.2) is 0 Å². The Labute approximate surface area is 111 Å². The fraction of sp³-hybridized carbons (Fsp3) is 0.562. The molecule has 0 heterocycles. The van der Waals surface area contributed by atoms with E-state index in [1.807, 2.05) is 25.1 Å². The number of para-hydroxylation sites is 1. The molecule has 0 aliphatic rings. The molecule has 1 aromatic carbocycles. The van der Waals surface area contributed by atoms with Crippen LogP contribution >= 0.6 is 0 Å². The lowest BCUT2D eigenvalue weighted by molar-refractivity contribution is 0.304. The molecule has 2 nitrogen and oxygen atoms in total. The Morgan fingerprint density at radius 1 is 1.17 bits per heavy atom. The summed E-state index contributed by atoms with van der Waals surface area (Å²) in [7, 11) is 0. The molecule has 0 unspecified atom stereocenters. The maximum Gasteiger partial charge on any atom is 0.101 e. The molecule has 0 bridgehead atoms. The average molecular weight is 244 g/mol. The number of anilines is 1. The van der Waals surface area contributed by atoms with Gasteiger partial charge in [-0.05, 0) is 36.3 Å². The zero-order valence-electron chi connectivity index (χ0n) is 12.1. The molecule has 1 aromatic rings. The third-order valence-corrected chi connectivity index (χ3v) is 3.62. The lowest BCUT2D eigenvalue weighted by Gasteiger charge is -2.26. The van der Waals surface area contributed by atoms with Crippen LogP contribution in [0.2, 0.25) is 0 Å². The van der Waals surface area contributed by atoms with E-state index >= 15 is 0 Å². The highest BCUT2D eigenvalue weighted by Crippen LogP contribution is 2.24. The van der Waals surface area contributed by atoms with Gasteiger partial charge in [0.25, 0.3) is 0 Å². The van der Waals surface area contributed by atoms with Crippen LogP contribution in [-0.4, -0.2) is 6.54 Å². The Hall–Kier alpha value is -1.49. The summed E-state index contributed by atoms with van der Waals surface area (Å²) in [6.45, 7) is 12.0. The minimum absolute atomic E-state index is 0.621. The van der Waals surface area contributed by atoms with Crippen molar-refractivity contribution in [2.45, 2.75) is 34.6 Å². The van der Waals surface area contributed by atoms with Crippen molar-refractivity contribution in [3.05, 3.63) is 29.3 Å². The molecule has 0 fully saturated rings. The van der Waals surface area contributed by atoms with E-state index in [2.05, 4.69) is 39.1 Å². The van der Waals surface area contributed by atoms with Crippen LogP contribution in [-0.2, 0) is 0 Å². The first-order valence-electron chi connectivity index (χ1n) is 6.71. The van der Waals surface area contributed by atoms with E-state index in [0.717, 1.165) is 23.4 Å². The summed E-state index contributed by atoms with van der Waals surface area (Å²) in [5.41, 5.74) is 2.87. The van der Waals surface area contributed by atoms with Gasteiger partial charge in [-0.3, -0.25) is 0 Å². The second-order valence-corrected chi connectivity index (χ2v) is 5.64. The molecule has 0 atom stereocenters. The monoisotopic (exact) mass is 244 g/mol. The minimum Gasteiger partial charge on any atom is -0.383 e. The lowest BCUT2D eigenvalue weighted by Crippen LogP contribution is -2.25. The summed E-state index contributed by atoms with van der Waals surface area (Å²) in [5.74, 6) is 1.91. The number of nitriles is 1. The number of hydrogen-bond acceptors (Lipinski definition) is 2. The Morgan fingerprint density at radius 2 is 1.78 bits per heavy atom. The molecule has 0 aromatic heterocycles. The fourth-order valence-electron chi connectivity index (χ4n) is 2.46. The molecule has 0 aliphatic heterocycles. The molecule has 1 rings (SSSR count). The highest BCUT2D eigenvalue weighted by Gasteiger charge is 2.17. The van der Waals surface area contributed by atoms with Gasteiger partial charge in [-0.15, -0.1) is 0 Å². The highest BCUT2D eigenvalue weighted by atomic mass is 14.9. The number of nitrogens with zero attached hydrogens (tertiary/aromatic N) is 1. The summed E-state index contributed by atoms with van der Waals surface area (Å²) < 4.78 is 0. The first-order valence-corrected chi connectivity index (χ1v) is 6.71. The van der Waals surface area contributed by atoms with Crippen molar-refractivity contribution in [3.8, 4) is 6.07 Å².